The van der Waals surface area contributed by atoms with E-state index in [1.807, 2.05) is 32.9 Å². The highest BCUT2D eigenvalue weighted by molar-refractivity contribution is 14.1. The summed E-state index contributed by atoms with van der Waals surface area (Å²) in [6.07, 6.45) is 3.89. The summed E-state index contributed by atoms with van der Waals surface area (Å²) in [5, 5.41) is 9.33. The molecule has 0 aromatic heterocycles. The standard InChI is InChI=1S/C27H41IN4O4/c1-16(2)14-22-26(34)29-13-7-9-20-8-6-10-21(28)24(20)36-17(3)15-30-23(19-11-12-19)27(35)32(5)18(4)25(33)31-22/h6,8,10,16-19,22-23,30H,7,9,11-15H2,1-5H3,(H,29,34)(H,31,33)/t17-,18-,22-,23+/m1/s1. The maximum atomic E-state index is 13.4. The van der Waals surface area contributed by atoms with Crippen molar-refractivity contribution in [3.8, 4) is 5.75 Å². The van der Waals surface area contributed by atoms with Crippen LogP contribution < -0.4 is 20.7 Å². The molecule has 0 radical (unpaired) electrons. The zero-order chi connectivity index (χ0) is 26.4. The number of fused-ring (bicyclic) bond motifs is 1. The lowest BCUT2D eigenvalue weighted by Crippen LogP contribution is -2.56. The Labute approximate surface area is 228 Å². The minimum atomic E-state index is -0.691. The molecule has 200 valence electrons. The molecule has 0 spiro atoms. The molecular formula is C27H41IN4O4. The largest absolute Gasteiger partial charge is 0.488 e. The van der Waals surface area contributed by atoms with Gasteiger partial charge < -0.3 is 25.6 Å². The summed E-state index contributed by atoms with van der Waals surface area (Å²) in [5.41, 5.74) is 1.10. The maximum Gasteiger partial charge on any atom is 0.243 e. The Hall–Kier alpha value is -1.88. The van der Waals surface area contributed by atoms with Crippen molar-refractivity contribution in [3.05, 3.63) is 27.3 Å². The molecular weight excluding hydrogens is 571 g/mol. The molecule has 2 aliphatic rings. The summed E-state index contributed by atoms with van der Waals surface area (Å²) in [4.78, 5) is 41.0. The van der Waals surface area contributed by atoms with Gasteiger partial charge in [0.05, 0.1) is 9.61 Å². The Bertz CT molecular complexity index is 936. The Morgan fingerprint density at radius 2 is 1.86 bits per heavy atom. The summed E-state index contributed by atoms with van der Waals surface area (Å²) in [6.45, 7) is 8.79. The normalized spacial score (nSPS) is 27.4. The van der Waals surface area contributed by atoms with Crippen LogP contribution in [-0.2, 0) is 20.8 Å². The minimum absolute atomic E-state index is 0.103. The molecule has 0 saturated heterocycles. The van der Waals surface area contributed by atoms with Crippen molar-refractivity contribution in [2.45, 2.75) is 84.0 Å². The molecule has 3 rings (SSSR count). The fourth-order valence-corrected chi connectivity index (χ4v) is 5.18. The number of hydrogen-bond acceptors (Lipinski definition) is 5. The van der Waals surface area contributed by atoms with Gasteiger partial charge in [0.15, 0.2) is 0 Å². The summed E-state index contributed by atoms with van der Waals surface area (Å²) in [7, 11) is 1.66. The lowest BCUT2D eigenvalue weighted by atomic mass is 10.0. The van der Waals surface area contributed by atoms with Crippen molar-refractivity contribution >= 4 is 40.3 Å². The van der Waals surface area contributed by atoms with Gasteiger partial charge in [-0.2, -0.15) is 0 Å². The first kappa shape index (κ1) is 28.7. The minimum Gasteiger partial charge on any atom is -0.488 e. The first-order chi connectivity index (χ1) is 17.1. The van der Waals surface area contributed by atoms with E-state index in [4.69, 9.17) is 4.74 Å². The van der Waals surface area contributed by atoms with E-state index in [9.17, 15) is 14.4 Å². The molecule has 1 saturated carbocycles. The molecule has 1 aromatic rings. The van der Waals surface area contributed by atoms with Crippen molar-refractivity contribution in [1.82, 2.24) is 20.9 Å². The molecule has 8 nitrogen and oxygen atoms in total. The third-order valence-corrected chi connectivity index (χ3v) is 7.77. The van der Waals surface area contributed by atoms with Gasteiger partial charge in [-0.25, -0.2) is 0 Å². The van der Waals surface area contributed by atoms with E-state index < -0.39 is 12.1 Å². The SMILES string of the molecule is CC(C)C[C@H]1NC(=O)[C@@H](C)N(C)C(=O)[C@H](C2CC2)NC[C@@H](C)Oc2c(I)cccc2CCCNC1=O. The molecule has 1 aliphatic carbocycles. The van der Waals surface area contributed by atoms with Crippen molar-refractivity contribution in [1.29, 1.82) is 0 Å². The van der Waals surface area contributed by atoms with E-state index in [1.54, 1.807) is 14.0 Å². The average molecular weight is 613 g/mol. The van der Waals surface area contributed by atoms with E-state index in [0.717, 1.165) is 40.6 Å². The molecule has 1 aromatic carbocycles. The van der Waals surface area contributed by atoms with Crippen LogP contribution in [0.1, 0.15) is 58.9 Å². The van der Waals surface area contributed by atoms with Crippen molar-refractivity contribution < 1.29 is 19.1 Å². The van der Waals surface area contributed by atoms with Crippen LogP contribution >= 0.6 is 22.6 Å². The van der Waals surface area contributed by atoms with Gasteiger partial charge >= 0.3 is 0 Å². The van der Waals surface area contributed by atoms with Crippen LogP contribution in [0.25, 0.3) is 0 Å². The summed E-state index contributed by atoms with van der Waals surface area (Å²) in [6, 6.07) is 4.41. The van der Waals surface area contributed by atoms with Gasteiger partial charge in [-0.3, -0.25) is 14.4 Å². The van der Waals surface area contributed by atoms with Crippen LogP contribution in [0.2, 0.25) is 0 Å². The molecule has 3 N–H and O–H groups in total. The van der Waals surface area contributed by atoms with Crippen LogP contribution in [0.5, 0.6) is 5.75 Å². The molecule has 3 amide bonds. The molecule has 0 unspecified atom stereocenters. The molecule has 4 atom stereocenters. The fraction of sp³-hybridized carbons (Fsp3) is 0.667. The van der Waals surface area contributed by atoms with Gasteiger partial charge in [-0.05, 0) is 92.0 Å². The second kappa shape index (κ2) is 13.1. The van der Waals surface area contributed by atoms with E-state index in [-0.39, 0.29) is 41.7 Å². The van der Waals surface area contributed by atoms with E-state index >= 15 is 0 Å². The van der Waals surface area contributed by atoms with Crippen LogP contribution in [0.3, 0.4) is 0 Å². The van der Waals surface area contributed by atoms with Crippen molar-refractivity contribution in [2.24, 2.45) is 11.8 Å². The zero-order valence-electron chi connectivity index (χ0n) is 22.1. The third-order valence-electron chi connectivity index (χ3n) is 6.92. The van der Waals surface area contributed by atoms with Gasteiger partial charge in [0.1, 0.15) is 23.9 Å². The van der Waals surface area contributed by atoms with Crippen LogP contribution in [-0.4, -0.2) is 67.0 Å². The van der Waals surface area contributed by atoms with E-state index in [2.05, 4.69) is 44.6 Å². The fourth-order valence-electron chi connectivity index (χ4n) is 4.50. The predicted molar refractivity (Wildman–Crippen MR) is 149 cm³/mol. The topological polar surface area (TPSA) is 99.8 Å². The van der Waals surface area contributed by atoms with Crippen molar-refractivity contribution in [2.75, 3.05) is 20.1 Å². The van der Waals surface area contributed by atoms with Gasteiger partial charge in [0, 0.05) is 20.1 Å². The predicted octanol–water partition coefficient (Wildman–Crippen LogP) is 2.87. The molecule has 1 heterocycles. The smallest absolute Gasteiger partial charge is 0.243 e. The number of nitrogens with one attached hydrogen (secondary N) is 3. The molecule has 1 fully saturated rings. The van der Waals surface area contributed by atoms with Crippen LogP contribution in [0.15, 0.2) is 18.2 Å². The highest BCUT2D eigenvalue weighted by Crippen LogP contribution is 2.34. The highest BCUT2D eigenvalue weighted by Gasteiger charge is 2.39. The number of aryl methyl sites for hydroxylation is 1. The summed E-state index contributed by atoms with van der Waals surface area (Å²) < 4.78 is 7.40. The number of amides is 3. The number of rotatable bonds is 3. The lowest BCUT2D eigenvalue weighted by molar-refractivity contribution is -0.141. The molecule has 36 heavy (non-hydrogen) atoms. The number of benzene rings is 1. The van der Waals surface area contributed by atoms with Gasteiger partial charge in [-0.1, -0.05) is 26.0 Å². The molecule has 9 heteroatoms. The van der Waals surface area contributed by atoms with Gasteiger partial charge in [0.25, 0.3) is 0 Å². The van der Waals surface area contributed by atoms with Gasteiger partial charge in [0.2, 0.25) is 17.7 Å². The zero-order valence-corrected chi connectivity index (χ0v) is 24.3. The molecule has 0 bridgehead atoms. The average Bonchev–Trinajstić information content (AvgIpc) is 3.66. The third kappa shape index (κ3) is 7.81. The quantitative estimate of drug-likeness (QED) is 0.457. The Kier molecular flexibility index (Phi) is 10.4. The van der Waals surface area contributed by atoms with Crippen LogP contribution in [0, 0.1) is 15.4 Å². The second-order valence-corrected chi connectivity index (χ2v) is 11.8. The molecule has 1 aliphatic heterocycles. The van der Waals surface area contributed by atoms with E-state index in [0.29, 0.717) is 19.5 Å². The number of carbonyl (C=O) groups excluding carboxylic acids is 3. The lowest BCUT2D eigenvalue weighted by Gasteiger charge is -2.31. The highest BCUT2D eigenvalue weighted by atomic mass is 127. The number of nitrogens with zero attached hydrogens (tertiary/aromatic N) is 1. The Balaban J connectivity index is 1.85. The number of carbonyl (C=O) groups is 3. The maximum absolute atomic E-state index is 13.4. The first-order valence-electron chi connectivity index (χ1n) is 13.1. The summed E-state index contributed by atoms with van der Waals surface area (Å²) >= 11 is 2.29. The second-order valence-electron chi connectivity index (χ2n) is 10.6. The number of halogens is 1. The number of para-hydroxylation sites is 1. The Morgan fingerprint density at radius 1 is 1.14 bits per heavy atom. The van der Waals surface area contributed by atoms with Crippen LogP contribution in [0.4, 0.5) is 0 Å². The van der Waals surface area contributed by atoms with Crippen molar-refractivity contribution in [3.63, 3.8) is 0 Å². The summed E-state index contributed by atoms with van der Waals surface area (Å²) in [5.74, 6) is 0.746. The number of likely N-dealkylation sites (N-methyl/N-ethyl adjacent to an activating group) is 1. The first-order valence-corrected chi connectivity index (χ1v) is 14.2. The Morgan fingerprint density at radius 3 is 2.53 bits per heavy atom. The van der Waals surface area contributed by atoms with Gasteiger partial charge in [-0.15, -0.1) is 0 Å². The number of hydrogen-bond donors (Lipinski definition) is 3. The number of ether oxygens (including phenoxy) is 1. The van der Waals surface area contributed by atoms with E-state index in [1.165, 1.54) is 4.90 Å². The monoisotopic (exact) mass is 612 g/mol.